The largest absolute Gasteiger partial charge is 0.384 e. The van der Waals surface area contributed by atoms with E-state index in [2.05, 4.69) is 19.2 Å². The van der Waals surface area contributed by atoms with Gasteiger partial charge in [0, 0.05) is 39.6 Å². The summed E-state index contributed by atoms with van der Waals surface area (Å²) in [5.41, 5.74) is 0.0966. The summed E-state index contributed by atoms with van der Waals surface area (Å²) in [6, 6.07) is 0.587. The molecule has 2 saturated heterocycles. The van der Waals surface area contributed by atoms with Crippen LogP contribution in [0.25, 0.3) is 0 Å². The summed E-state index contributed by atoms with van der Waals surface area (Å²) in [6.07, 6.45) is 5.69. The average Bonchev–Trinajstić information content (AvgIpc) is 2.48. The molecule has 1 spiro atoms. The smallest absolute Gasteiger partial charge is 0.0729 e. The predicted molar refractivity (Wildman–Crippen MR) is 84.6 cm³/mol. The molecule has 2 aliphatic heterocycles. The van der Waals surface area contributed by atoms with Crippen LogP contribution in [-0.4, -0.2) is 51.7 Å². The van der Waals surface area contributed by atoms with Gasteiger partial charge in [0.25, 0.3) is 0 Å². The molecule has 0 radical (unpaired) electrons. The third kappa shape index (κ3) is 4.92. The number of methoxy groups -OCH3 is 1. The first-order chi connectivity index (χ1) is 10.2. The Hall–Kier alpha value is -0.160. The van der Waals surface area contributed by atoms with E-state index in [-0.39, 0.29) is 5.60 Å². The van der Waals surface area contributed by atoms with E-state index in [1.165, 1.54) is 19.3 Å². The molecule has 2 rings (SSSR count). The highest BCUT2D eigenvalue weighted by Crippen LogP contribution is 2.39. The number of nitrogens with one attached hydrogen (secondary N) is 1. The molecule has 2 fully saturated rings. The maximum atomic E-state index is 6.18. The Balaban J connectivity index is 1.94. The molecule has 3 atom stereocenters. The summed E-state index contributed by atoms with van der Waals surface area (Å²) >= 11 is 0. The molecule has 0 aliphatic carbocycles. The van der Waals surface area contributed by atoms with Crippen LogP contribution < -0.4 is 5.32 Å². The number of ether oxygens (including phenoxy) is 3. The van der Waals surface area contributed by atoms with E-state index >= 15 is 0 Å². The van der Waals surface area contributed by atoms with Crippen LogP contribution in [0.3, 0.4) is 0 Å². The molecule has 0 saturated carbocycles. The van der Waals surface area contributed by atoms with Crippen LogP contribution in [0.4, 0.5) is 0 Å². The van der Waals surface area contributed by atoms with E-state index in [0.29, 0.717) is 12.0 Å². The SMILES string of the molecule is CCNC(CC(C)COC)C1CCOC2(CCOCC2)C1. The van der Waals surface area contributed by atoms with Crippen LogP contribution >= 0.6 is 0 Å². The molecule has 3 unspecified atom stereocenters. The topological polar surface area (TPSA) is 39.7 Å². The van der Waals surface area contributed by atoms with Crippen molar-refractivity contribution in [1.82, 2.24) is 5.32 Å². The van der Waals surface area contributed by atoms with Gasteiger partial charge >= 0.3 is 0 Å². The van der Waals surface area contributed by atoms with Crippen molar-refractivity contribution in [1.29, 1.82) is 0 Å². The summed E-state index contributed by atoms with van der Waals surface area (Å²) < 4.78 is 17.0. The van der Waals surface area contributed by atoms with Gasteiger partial charge in [-0.05, 0) is 50.5 Å². The highest BCUT2D eigenvalue weighted by atomic mass is 16.5. The van der Waals surface area contributed by atoms with Crippen molar-refractivity contribution in [2.45, 2.75) is 57.6 Å². The molecular formula is C17H33NO3. The lowest BCUT2D eigenvalue weighted by Crippen LogP contribution is -2.49. The standard InChI is InChI=1S/C17H33NO3/c1-4-18-16(11-14(2)13-19-3)15-5-8-21-17(12-15)6-9-20-10-7-17/h14-16,18H,4-13H2,1-3H3. The van der Waals surface area contributed by atoms with Gasteiger partial charge in [-0.1, -0.05) is 13.8 Å². The fourth-order valence-corrected chi connectivity index (χ4v) is 3.99. The van der Waals surface area contributed by atoms with Crippen LogP contribution in [0.1, 0.15) is 46.0 Å². The molecule has 0 amide bonds. The lowest BCUT2D eigenvalue weighted by atomic mass is 9.76. The second-order valence-corrected chi connectivity index (χ2v) is 6.86. The van der Waals surface area contributed by atoms with Gasteiger partial charge in [0.2, 0.25) is 0 Å². The first-order valence-electron chi connectivity index (χ1n) is 8.63. The highest BCUT2D eigenvalue weighted by molar-refractivity contribution is 4.93. The van der Waals surface area contributed by atoms with Gasteiger partial charge in [-0.25, -0.2) is 0 Å². The highest BCUT2D eigenvalue weighted by Gasteiger charge is 2.41. The molecule has 0 aromatic heterocycles. The zero-order valence-corrected chi connectivity index (χ0v) is 14.0. The van der Waals surface area contributed by atoms with E-state index in [9.17, 15) is 0 Å². The van der Waals surface area contributed by atoms with Crippen molar-refractivity contribution in [2.75, 3.05) is 40.1 Å². The summed E-state index contributed by atoms with van der Waals surface area (Å²) in [7, 11) is 1.80. The second-order valence-electron chi connectivity index (χ2n) is 6.86. The third-order valence-electron chi connectivity index (χ3n) is 5.08. The van der Waals surface area contributed by atoms with Crippen molar-refractivity contribution in [3.05, 3.63) is 0 Å². The Kier molecular flexibility index (Phi) is 6.93. The van der Waals surface area contributed by atoms with Gasteiger partial charge in [-0.3, -0.25) is 0 Å². The van der Waals surface area contributed by atoms with Crippen molar-refractivity contribution >= 4 is 0 Å². The van der Waals surface area contributed by atoms with Gasteiger partial charge in [0.15, 0.2) is 0 Å². The van der Waals surface area contributed by atoms with Gasteiger partial charge in [-0.2, -0.15) is 0 Å². The van der Waals surface area contributed by atoms with Crippen molar-refractivity contribution in [3.63, 3.8) is 0 Å². The lowest BCUT2D eigenvalue weighted by Gasteiger charge is -2.45. The van der Waals surface area contributed by atoms with E-state index in [1.807, 2.05) is 0 Å². The lowest BCUT2D eigenvalue weighted by molar-refractivity contribution is -0.150. The Labute approximate surface area is 129 Å². The Morgan fingerprint density at radius 3 is 2.71 bits per heavy atom. The minimum absolute atomic E-state index is 0.0966. The summed E-state index contributed by atoms with van der Waals surface area (Å²) in [5.74, 6) is 1.32. The fraction of sp³-hybridized carbons (Fsp3) is 1.00. The first-order valence-corrected chi connectivity index (χ1v) is 8.63. The van der Waals surface area contributed by atoms with Crippen LogP contribution in [0, 0.1) is 11.8 Å². The molecule has 4 nitrogen and oxygen atoms in total. The van der Waals surface area contributed by atoms with Gasteiger partial charge in [0.05, 0.1) is 5.60 Å². The molecule has 1 N–H and O–H groups in total. The van der Waals surface area contributed by atoms with Crippen LogP contribution in [0.5, 0.6) is 0 Å². The Morgan fingerprint density at radius 2 is 2.05 bits per heavy atom. The van der Waals surface area contributed by atoms with E-state index < -0.39 is 0 Å². The first kappa shape index (κ1) is 17.2. The summed E-state index contributed by atoms with van der Waals surface area (Å²) in [6.45, 7) is 9.01. The second kappa shape index (κ2) is 8.47. The monoisotopic (exact) mass is 299 g/mol. The van der Waals surface area contributed by atoms with E-state index in [1.54, 1.807) is 7.11 Å². The van der Waals surface area contributed by atoms with Crippen LogP contribution in [-0.2, 0) is 14.2 Å². The fourth-order valence-electron chi connectivity index (χ4n) is 3.99. The summed E-state index contributed by atoms with van der Waals surface area (Å²) in [4.78, 5) is 0. The molecule has 0 bridgehead atoms. The molecule has 2 heterocycles. The zero-order valence-electron chi connectivity index (χ0n) is 14.0. The van der Waals surface area contributed by atoms with Crippen molar-refractivity contribution in [2.24, 2.45) is 11.8 Å². The third-order valence-corrected chi connectivity index (χ3v) is 5.08. The average molecular weight is 299 g/mol. The van der Waals surface area contributed by atoms with Gasteiger partial charge in [0.1, 0.15) is 0 Å². The molecule has 0 aromatic carbocycles. The minimum Gasteiger partial charge on any atom is -0.384 e. The normalized spacial score (nSPS) is 28.4. The molecule has 21 heavy (non-hydrogen) atoms. The molecule has 4 heteroatoms. The van der Waals surface area contributed by atoms with Crippen molar-refractivity contribution < 1.29 is 14.2 Å². The number of hydrogen-bond acceptors (Lipinski definition) is 4. The molecular weight excluding hydrogens is 266 g/mol. The van der Waals surface area contributed by atoms with Crippen molar-refractivity contribution in [3.8, 4) is 0 Å². The Morgan fingerprint density at radius 1 is 1.29 bits per heavy atom. The van der Waals surface area contributed by atoms with E-state index in [0.717, 1.165) is 51.7 Å². The molecule has 124 valence electrons. The summed E-state index contributed by atoms with van der Waals surface area (Å²) in [5, 5.41) is 3.72. The molecule has 0 aromatic rings. The minimum atomic E-state index is 0.0966. The number of rotatable bonds is 7. The van der Waals surface area contributed by atoms with Crippen LogP contribution in [0.15, 0.2) is 0 Å². The number of hydrogen-bond donors (Lipinski definition) is 1. The zero-order chi connectivity index (χ0) is 15.1. The molecule has 2 aliphatic rings. The Bertz CT molecular complexity index is 286. The maximum Gasteiger partial charge on any atom is 0.0729 e. The van der Waals surface area contributed by atoms with Crippen LogP contribution in [0.2, 0.25) is 0 Å². The van der Waals surface area contributed by atoms with Gasteiger partial charge in [-0.15, -0.1) is 0 Å². The predicted octanol–water partition coefficient (Wildman–Crippen LogP) is 2.61. The van der Waals surface area contributed by atoms with Gasteiger partial charge < -0.3 is 19.5 Å². The maximum absolute atomic E-state index is 6.18. The van der Waals surface area contributed by atoms with E-state index in [4.69, 9.17) is 14.2 Å². The quantitative estimate of drug-likeness (QED) is 0.784.